The molecule has 286 valence electrons. The number of aliphatic carboxylic acids is 1. The number of fused-ring (bicyclic) bond motifs is 1. The lowest BCUT2D eigenvalue weighted by Gasteiger charge is -2.82. The molecule has 2 bridgehead atoms. The van der Waals surface area contributed by atoms with Gasteiger partial charge in [-0.3, -0.25) is 9.59 Å². The molecule has 0 aromatic heterocycles. The smallest absolute Gasteiger partial charge is 0.307 e. The van der Waals surface area contributed by atoms with E-state index in [0.29, 0.717) is 18.8 Å². The third kappa shape index (κ3) is 4.77. The Balaban J connectivity index is 1.39. The first kappa shape index (κ1) is 38.3. The molecule has 12 heteroatoms. The van der Waals surface area contributed by atoms with Crippen molar-refractivity contribution in [2.45, 2.75) is 155 Å². The molecule has 1 heterocycles. The maximum atomic E-state index is 13.4. The molecule has 6 saturated carbocycles. The summed E-state index contributed by atoms with van der Waals surface area (Å²) in [6, 6.07) is 0. The Kier molecular flexibility index (Phi) is 9.25. The van der Waals surface area contributed by atoms with Crippen LogP contribution in [0.15, 0.2) is 0 Å². The molecule has 7 rings (SSSR count). The molecule has 1 aliphatic heterocycles. The molecule has 0 amide bonds. The van der Waals surface area contributed by atoms with Gasteiger partial charge in [-0.25, -0.2) is 0 Å². The fourth-order valence-electron chi connectivity index (χ4n) is 13.8. The van der Waals surface area contributed by atoms with Crippen LogP contribution in [0.3, 0.4) is 0 Å². The standard InChI is InChI=1S/C38H62O12/c1-17(2)18(3)34(7)12-13-35(8)21-14-38(47)31-33(5,6)28(50-30-26(43)25(42)24(41)23(16-39)49-30)22(48-19(4)40)15-37(31,32(38)46)20(21)10-11-36(35,9)27(34)29(44)45/h17-18,20-28,30-32,39,41-43,46-47H,10-16H2,1-9H3,(H,44,45). The van der Waals surface area contributed by atoms with E-state index in [0.717, 1.165) is 12.8 Å². The molecule has 18 unspecified atom stereocenters. The van der Waals surface area contributed by atoms with Crippen LogP contribution in [0, 0.1) is 62.6 Å². The number of esters is 1. The molecular weight excluding hydrogens is 648 g/mol. The van der Waals surface area contributed by atoms with Crippen LogP contribution in [-0.4, -0.2) is 109 Å². The molecule has 18 atom stereocenters. The van der Waals surface area contributed by atoms with Crippen LogP contribution in [0.4, 0.5) is 0 Å². The Labute approximate surface area is 295 Å². The first-order valence-electron chi connectivity index (χ1n) is 18.8. The Bertz CT molecular complexity index is 1350. The Morgan fingerprint density at radius 1 is 0.880 bits per heavy atom. The van der Waals surface area contributed by atoms with Crippen LogP contribution in [0.1, 0.15) is 101 Å². The molecule has 7 aliphatic rings. The number of hydrogen-bond donors (Lipinski definition) is 7. The van der Waals surface area contributed by atoms with E-state index in [-0.39, 0.29) is 30.6 Å². The van der Waals surface area contributed by atoms with E-state index in [4.69, 9.17) is 14.2 Å². The highest BCUT2D eigenvalue weighted by Gasteiger charge is 2.85. The Morgan fingerprint density at radius 3 is 2.08 bits per heavy atom. The number of rotatable bonds is 7. The van der Waals surface area contributed by atoms with E-state index in [9.17, 15) is 45.3 Å². The van der Waals surface area contributed by atoms with Crippen molar-refractivity contribution in [2.75, 3.05) is 6.61 Å². The second-order valence-electron chi connectivity index (χ2n) is 19.0. The van der Waals surface area contributed by atoms with Gasteiger partial charge in [0.05, 0.1) is 24.2 Å². The van der Waals surface area contributed by atoms with Gasteiger partial charge in [0.2, 0.25) is 0 Å². The minimum Gasteiger partial charge on any atom is -0.481 e. The first-order valence-corrected chi connectivity index (χ1v) is 18.8. The predicted octanol–water partition coefficient (Wildman–Crippen LogP) is 2.48. The van der Waals surface area contributed by atoms with Gasteiger partial charge in [0.15, 0.2) is 6.29 Å². The van der Waals surface area contributed by atoms with Crippen LogP contribution >= 0.6 is 0 Å². The Hall–Kier alpha value is -1.38. The summed E-state index contributed by atoms with van der Waals surface area (Å²) < 4.78 is 18.1. The van der Waals surface area contributed by atoms with E-state index in [1.54, 1.807) is 0 Å². The zero-order chi connectivity index (χ0) is 37.3. The maximum absolute atomic E-state index is 13.4. The van der Waals surface area contributed by atoms with Gasteiger partial charge in [0.1, 0.15) is 36.6 Å². The van der Waals surface area contributed by atoms with E-state index in [1.807, 2.05) is 13.8 Å². The summed E-state index contributed by atoms with van der Waals surface area (Å²) >= 11 is 0. The molecule has 6 aliphatic carbocycles. The lowest BCUT2D eigenvalue weighted by Crippen LogP contribution is -2.88. The lowest BCUT2D eigenvalue weighted by atomic mass is 9.24. The highest BCUT2D eigenvalue weighted by molar-refractivity contribution is 5.73. The summed E-state index contributed by atoms with van der Waals surface area (Å²) in [4.78, 5) is 26.0. The number of aliphatic hydroxyl groups excluding tert-OH is 5. The highest BCUT2D eigenvalue weighted by atomic mass is 16.7. The van der Waals surface area contributed by atoms with Gasteiger partial charge in [0.25, 0.3) is 0 Å². The fraction of sp³-hybridized carbons (Fsp3) is 0.947. The van der Waals surface area contributed by atoms with Gasteiger partial charge in [-0.1, -0.05) is 55.4 Å². The van der Waals surface area contributed by atoms with Crippen LogP contribution in [0.5, 0.6) is 0 Å². The quantitative estimate of drug-likeness (QED) is 0.151. The zero-order valence-corrected chi connectivity index (χ0v) is 31.2. The van der Waals surface area contributed by atoms with Gasteiger partial charge in [-0.05, 0) is 78.4 Å². The molecule has 7 N–H and O–H groups in total. The minimum absolute atomic E-state index is 0.0941. The summed E-state index contributed by atoms with van der Waals surface area (Å²) in [5, 5.41) is 77.3. The Morgan fingerprint density at radius 2 is 1.52 bits per heavy atom. The average molecular weight is 711 g/mol. The molecule has 0 aromatic rings. The summed E-state index contributed by atoms with van der Waals surface area (Å²) in [6.45, 7) is 17.5. The first-order chi connectivity index (χ1) is 23.0. The molecular formula is C38H62O12. The van der Waals surface area contributed by atoms with E-state index in [2.05, 4.69) is 41.5 Å². The summed E-state index contributed by atoms with van der Waals surface area (Å²) in [6.07, 6.45) is -7.32. The second kappa shape index (κ2) is 12.1. The van der Waals surface area contributed by atoms with Crippen LogP contribution in [-0.2, 0) is 23.8 Å². The normalized spacial score (nSPS) is 54.4. The molecule has 0 aromatic carbocycles. The van der Waals surface area contributed by atoms with Gasteiger partial charge in [0, 0.05) is 23.7 Å². The van der Waals surface area contributed by atoms with Crippen LogP contribution < -0.4 is 0 Å². The predicted molar refractivity (Wildman–Crippen MR) is 179 cm³/mol. The SMILES string of the molecule is CC(=O)OC1CC23C4CCC5(C)C(C(=O)O)C(C)(C(C)C(C)C)CCC5(C)C4CC(O)(C2O)C3C(C)(C)C1OC1OC(CO)C(O)C(O)C1O. The van der Waals surface area contributed by atoms with Gasteiger partial charge in [-0.15, -0.1) is 0 Å². The summed E-state index contributed by atoms with van der Waals surface area (Å²) in [5.41, 5.74) is -4.83. The van der Waals surface area contributed by atoms with Crippen LogP contribution in [0.2, 0.25) is 0 Å². The van der Waals surface area contributed by atoms with Gasteiger partial charge in [-0.2, -0.15) is 0 Å². The van der Waals surface area contributed by atoms with Crippen molar-refractivity contribution in [3.05, 3.63) is 0 Å². The highest BCUT2D eigenvalue weighted by Crippen LogP contribution is 2.82. The minimum atomic E-state index is -1.68. The largest absolute Gasteiger partial charge is 0.481 e. The molecule has 1 saturated heterocycles. The number of hydrogen-bond acceptors (Lipinski definition) is 11. The van der Waals surface area contributed by atoms with E-state index < -0.39 is 112 Å². The monoisotopic (exact) mass is 710 g/mol. The summed E-state index contributed by atoms with van der Waals surface area (Å²) in [7, 11) is 0. The number of carboxylic acids is 1. The van der Waals surface area contributed by atoms with E-state index in [1.165, 1.54) is 6.92 Å². The van der Waals surface area contributed by atoms with Crippen molar-refractivity contribution in [1.82, 2.24) is 0 Å². The molecule has 7 fully saturated rings. The third-order valence-corrected chi connectivity index (χ3v) is 16.4. The molecule has 12 nitrogen and oxygen atoms in total. The van der Waals surface area contributed by atoms with Crippen molar-refractivity contribution >= 4 is 11.9 Å². The maximum Gasteiger partial charge on any atom is 0.307 e. The van der Waals surface area contributed by atoms with Crippen molar-refractivity contribution in [3.8, 4) is 0 Å². The number of carbonyl (C=O) groups is 2. The van der Waals surface area contributed by atoms with Gasteiger partial charge < -0.3 is 50.0 Å². The van der Waals surface area contributed by atoms with Gasteiger partial charge >= 0.3 is 11.9 Å². The number of ether oxygens (including phenoxy) is 3. The van der Waals surface area contributed by atoms with Crippen molar-refractivity contribution in [3.63, 3.8) is 0 Å². The number of carboxylic acid groups (broad SMARTS) is 1. The van der Waals surface area contributed by atoms with Crippen molar-refractivity contribution in [1.29, 1.82) is 0 Å². The fourth-order valence-corrected chi connectivity index (χ4v) is 13.8. The summed E-state index contributed by atoms with van der Waals surface area (Å²) in [5.74, 6) is -2.15. The number of aliphatic hydroxyl groups is 6. The lowest BCUT2D eigenvalue weighted by molar-refractivity contribution is -0.430. The average Bonchev–Trinajstić information content (AvgIpc) is 3.02. The van der Waals surface area contributed by atoms with Crippen molar-refractivity contribution < 1.29 is 59.5 Å². The third-order valence-electron chi connectivity index (χ3n) is 16.4. The second-order valence-corrected chi connectivity index (χ2v) is 19.0. The van der Waals surface area contributed by atoms with E-state index >= 15 is 0 Å². The topological polar surface area (TPSA) is 203 Å². The zero-order valence-electron chi connectivity index (χ0n) is 31.2. The molecule has 50 heavy (non-hydrogen) atoms. The molecule has 1 spiro atoms. The van der Waals surface area contributed by atoms with Crippen molar-refractivity contribution in [2.24, 2.45) is 62.6 Å². The number of carbonyl (C=O) groups excluding carboxylic acids is 1. The van der Waals surface area contributed by atoms with Crippen LogP contribution in [0.25, 0.3) is 0 Å². The molecule has 0 radical (unpaired) electrons.